The standard InChI is InChI=1S/C27H24F2N4O2S.C16H11F2NO.C15H9F2NO2.C12H17N3OS.C10H9NO.C8H18N2.C6H3F2I/c28-22-3-2-21(14-23(22)29)33-11-7-18-13-19(1-4-24(18)33)26(34)32-15-20(16-32)17-5-9-31(10-6-17)27(35)25-30-8-12-36-25;1-10(20)11-2-5-16-12(8-11)6-7-19(16)13-3-4-14(17)15(18)9-13;16-12-3-2-11(8-13(12)17)18-6-5-9-7-10(15(19)20)1-4-14(9)18;16-12(11-14-3-6-17-11)15-4-1-9(2-5-15)10-7-13-8-10;1-7(12)8-2-3-10-9(6-8)4-5-11-10;1-9-7-5-3-4-6-8(7)10-2;7-5-2-1-4(9)3-6(5)8/h1-4,7-8,11-14,17,20H,5-6,9-10,15-16H2;2-9H,1H3;1-8H,(H,19,20);3,6,9-10,13H,1-2,4-5,7-8H2;2-6,11H,1H3;7-10H,3-6H2,1-2H3;1-3H/t;;;;;7-,8-;/m.....1./s1. The van der Waals surface area contributed by atoms with Crippen molar-refractivity contribution in [3.63, 3.8) is 0 Å². The summed E-state index contributed by atoms with van der Waals surface area (Å²) in [6.07, 6.45) is 20.1. The second kappa shape index (κ2) is 41.8. The Labute approximate surface area is 732 Å². The zero-order chi connectivity index (χ0) is 87.8. The number of halogens is 9. The van der Waals surface area contributed by atoms with E-state index in [4.69, 9.17) is 5.11 Å². The molecular weight excluding hydrogens is 1750 g/mol. The fourth-order valence-electron chi connectivity index (χ4n) is 15.9. The number of Topliss-reactive ketones (excluding diaryl/α,β-unsaturated/α-hetero) is 2. The first-order valence-corrected chi connectivity index (χ1v) is 43.5. The molecule has 0 unspecified atom stereocenters. The molecule has 0 spiro atoms. The van der Waals surface area contributed by atoms with Crippen molar-refractivity contribution in [2.45, 2.75) is 77.3 Å². The number of rotatable bonds is 13. The van der Waals surface area contributed by atoms with Gasteiger partial charge in [0.2, 0.25) is 0 Å². The number of amides is 3. The van der Waals surface area contributed by atoms with Gasteiger partial charge in [-0.1, -0.05) is 12.8 Å². The topological polar surface area (TPSA) is 225 Å². The van der Waals surface area contributed by atoms with Gasteiger partial charge in [-0.05, 0) is 277 Å². The molecule has 0 radical (unpaired) electrons. The molecule has 14 aromatic rings. The van der Waals surface area contributed by atoms with Crippen LogP contribution in [0.3, 0.4) is 0 Å². The molecule has 8 aromatic carbocycles. The Kier molecular flexibility index (Phi) is 30.4. The van der Waals surface area contributed by atoms with Crippen LogP contribution in [0.5, 0.6) is 0 Å². The molecule has 2 atom stereocenters. The van der Waals surface area contributed by atoms with E-state index in [1.165, 1.54) is 105 Å². The summed E-state index contributed by atoms with van der Waals surface area (Å²) in [4.78, 5) is 88.0. The number of aromatic carboxylic acids is 1. The number of nitrogens with zero attached hydrogens (tertiary/aromatic N) is 8. The van der Waals surface area contributed by atoms with Crippen molar-refractivity contribution in [3.8, 4) is 17.1 Å². The summed E-state index contributed by atoms with van der Waals surface area (Å²) in [6.45, 7) is 10.2. The molecule has 1 aliphatic carbocycles. The number of likely N-dealkylation sites (N-methyl/N-ethyl adjacent to an activating group) is 2. The van der Waals surface area contributed by atoms with Crippen LogP contribution in [0.15, 0.2) is 218 Å². The van der Waals surface area contributed by atoms with Crippen LogP contribution in [-0.4, -0.2) is 162 Å². The number of fused-ring (bicyclic) bond motifs is 4. The summed E-state index contributed by atoms with van der Waals surface area (Å²) in [7, 11) is 4.11. The van der Waals surface area contributed by atoms with Crippen LogP contribution in [0.2, 0.25) is 0 Å². The number of nitrogens with one attached hydrogen (secondary N) is 4. The Hall–Kier alpha value is -11.6. The number of H-pyrrole nitrogens is 1. The van der Waals surface area contributed by atoms with Crippen LogP contribution in [0.1, 0.15) is 126 Å². The van der Waals surface area contributed by atoms with E-state index >= 15 is 0 Å². The lowest BCUT2D eigenvalue weighted by molar-refractivity contribution is 0.0228. The van der Waals surface area contributed by atoms with Crippen LogP contribution in [-0.2, 0) is 0 Å². The molecular formula is C94H91F8IN12O7S2. The number of carboxylic acids is 1. The number of benzene rings is 8. The van der Waals surface area contributed by atoms with Crippen molar-refractivity contribution in [1.29, 1.82) is 0 Å². The average molecular weight is 1840 g/mol. The minimum atomic E-state index is -1.01. The lowest BCUT2D eigenvalue weighted by Gasteiger charge is -2.46. The maximum absolute atomic E-state index is 13.7. The maximum Gasteiger partial charge on any atom is 0.335 e. The number of piperidine rings is 2. The Morgan fingerprint density at radius 3 is 1.20 bits per heavy atom. The van der Waals surface area contributed by atoms with E-state index in [-0.39, 0.29) is 34.9 Å². The Morgan fingerprint density at radius 2 is 0.815 bits per heavy atom. The molecule has 10 heterocycles. The first-order valence-electron chi connectivity index (χ1n) is 40.6. The molecule has 1 saturated carbocycles. The molecule has 4 saturated heterocycles. The number of ketones is 2. The van der Waals surface area contributed by atoms with Gasteiger partial charge in [0.05, 0.1) is 22.1 Å². The number of hydrogen-bond donors (Lipinski definition) is 5. The zero-order valence-electron chi connectivity index (χ0n) is 68.3. The van der Waals surface area contributed by atoms with Gasteiger partial charge in [-0.2, -0.15) is 0 Å². The summed E-state index contributed by atoms with van der Waals surface area (Å²) in [6, 6.07) is 44.8. The predicted molar refractivity (Wildman–Crippen MR) is 475 cm³/mol. The molecule has 5 aliphatic rings. The third-order valence-electron chi connectivity index (χ3n) is 23.1. The number of carboxylic acid groups (broad SMARTS) is 1. The molecule has 5 N–H and O–H groups in total. The van der Waals surface area contributed by atoms with E-state index in [0.717, 1.165) is 174 Å². The van der Waals surface area contributed by atoms with E-state index in [0.29, 0.717) is 65.7 Å². The molecule has 19 nitrogen and oxygen atoms in total. The van der Waals surface area contributed by atoms with E-state index in [2.05, 4.69) is 45.0 Å². The molecule has 644 valence electrons. The minimum absolute atomic E-state index is 0.00473. The van der Waals surface area contributed by atoms with E-state index in [9.17, 15) is 63.9 Å². The number of hydrogen-bond acceptors (Lipinski definition) is 13. The number of thiazole rings is 2. The third kappa shape index (κ3) is 22.1. The Bertz CT molecular complexity index is 5940. The van der Waals surface area contributed by atoms with Crippen LogP contribution in [0.4, 0.5) is 35.1 Å². The van der Waals surface area contributed by atoms with Crippen molar-refractivity contribution in [1.82, 2.24) is 59.3 Å². The van der Waals surface area contributed by atoms with Crippen molar-refractivity contribution < 1.29 is 69.0 Å². The van der Waals surface area contributed by atoms with Crippen LogP contribution in [0.25, 0.3) is 60.7 Å². The highest BCUT2D eigenvalue weighted by atomic mass is 127. The smallest absolute Gasteiger partial charge is 0.335 e. The molecule has 6 aromatic heterocycles. The van der Waals surface area contributed by atoms with Gasteiger partial charge < -0.3 is 54.4 Å². The van der Waals surface area contributed by atoms with Gasteiger partial charge in [-0.25, -0.2) is 49.9 Å². The van der Waals surface area contributed by atoms with Gasteiger partial charge in [0.25, 0.3) is 17.7 Å². The lowest BCUT2D eigenvalue weighted by Crippen LogP contribution is -2.54. The highest BCUT2D eigenvalue weighted by Gasteiger charge is 2.39. The van der Waals surface area contributed by atoms with E-state index < -0.39 is 52.5 Å². The number of aromatic amines is 1. The largest absolute Gasteiger partial charge is 0.478 e. The zero-order valence-corrected chi connectivity index (χ0v) is 72.0. The van der Waals surface area contributed by atoms with Crippen molar-refractivity contribution in [3.05, 3.63) is 300 Å². The summed E-state index contributed by atoms with van der Waals surface area (Å²) in [5.74, 6) is -5.07. The predicted octanol–water partition coefficient (Wildman–Crippen LogP) is 19.6. The molecule has 30 heteroatoms. The normalized spacial score (nSPS) is 16.0. The molecule has 4 aliphatic heterocycles. The molecule has 124 heavy (non-hydrogen) atoms. The van der Waals surface area contributed by atoms with Gasteiger partial charge in [0.1, 0.15) is 0 Å². The molecule has 0 bridgehead atoms. The molecule has 5 fully saturated rings. The lowest BCUT2D eigenvalue weighted by atomic mass is 9.79. The molecule has 3 amide bonds. The summed E-state index contributed by atoms with van der Waals surface area (Å²) >= 11 is 4.72. The van der Waals surface area contributed by atoms with Crippen LogP contribution >= 0.6 is 45.3 Å². The third-order valence-corrected chi connectivity index (χ3v) is 25.3. The van der Waals surface area contributed by atoms with Gasteiger partial charge in [-0.15, -0.1) is 22.7 Å². The van der Waals surface area contributed by atoms with Gasteiger partial charge in [0.15, 0.2) is 68.1 Å². The van der Waals surface area contributed by atoms with E-state index in [1.807, 2.05) is 103 Å². The fourth-order valence-corrected chi connectivity index (χ4v) is 17.6. The maximum atomic E-state index is 13.7. The van der Waals surface area contributed by atoms with Crippen molar-refractivity contribution in [2.24, 2.45) is 23.7 Å². The number of carbonyl (C=O) groups is 6. The quantitative estimate of drug-likeness (QED) is 0.0315. The van der Waals surface area contributed by atoms with Gasteiger partial charge in [0, 0.05) is 182 Å². The number of likely N-dealkylation sites (tertiary alicyclic amines) is 3. The monoisotopic (exact) mass is 1840 g/mol. The second-order valence-electron chi connectivity index (χ2n) is 30.8. The fraction of sp³-hybridized carbons (Fsp3) is 0.277. The summed E-state index contributed by atoms with van der Waals surface area (Å²) < 4.78 is 110. The highest BCUT2D eigenvalue weighted by Crippen LogP contribution is 2.36. The Balaban J connectivity index is 0.000000131. The van der Waals surface area contributed by atoms with E-state index in [1.54, 1.807) is 88.0 Å². The van der Waals surface area contributed by atoms with Gasteiger partial charge in [-0.3, -0.25) is 24.0 Å². The van der Waals surface area contributed by atoms with Crippen LogP contribution in [0, 0.1) is 73.8 Å². The van der Waals surface area contributed by atoms with Crippen molar-refractivity contribution in [2.75, 3.05) is 66.5 Å². The summed E-state index contributed by atoms with van der Waals surface area (Å²) in [5.41, 5.74) is 7.17. The highest BCUT2D eigenvalue weighted by molar-refractivity contribution is 14.1. The van der Waals surface area contributed by atoms with Crippen molar-refractivity contribution >= 4 is 124 Å². The van der Waals surface area contributed by atoms with Gasteiger partial charge >= 0.3 is 5.97 Å². The van der Waals surface area contributed by atoms with Crippen LogP contribution < -0.4 is 16.0 Å². The first kappa shape index (κ1) is 90.2. The first-order chi connectivity index (χ1) is 59.8. The minimum Gasteiger partial charge on any atom is -0.478 e. The SMILES string of the molecule is CC(=O)c1ccc2[nH]ccc2c1.CC(=O)c1ccc2c(ccn2-c2ccc(F)c(F)c2)c1.CN[C@@H]1CCCC[C@H]1NC.Fc1ccc(I)cc1F.O=C(O)c1ccc2c(ccn2-c2ccc(F)c(F)c2)c1.O=C(c1ccc2c(ccn2-c2ccc(F)c(F)c2)c1)N1CC(C2CCN(C(=O)c3nccs3)CC2)C1.O=C(c1nccs1)N1CCC(C2CNC2)CC1. The Morgan fingerprint density at radius 1 is 0.419 bits per heavy atom. The average Bonchev–Trinajstić information content (AvgIpc) is 1.65. The molecule has 19 rings (SSSR count). The number of carbonyl (C=O) groups excluding carboxylic acids is 5. The number of aromatic nitrogens is 6. The summed E-state index contributed by atoms with van der Waals surface area (Å²) in [5, 5.41) is 27.4. The second-order valence-corrected chi connectivity index (χ2v) is 33.9.